The van der Waals surface area contributed by atoms with Gasteiger partial charge in [0.2, 0.25) is 10.0 Å². The van der Waals surface area contributed by atoms with Crippen LogP contribution in [0.25, 0.3) is 0 Å². The Morgan fingerprint density at radius 3 is 2.22 bits per heavy atom. The van der Waals surface area contributed by atoms with E-state index < -0.39 is 10.0 Å². The molecule has 0 amide bonds. The van der Waals surface area contributed by atoms with E-state index in [9.17, 15) is 12.8 Å². The number of nitrogens with zero attached hydrogens (tertiary/aromatic N) is 2. The van der Waals surface area contributed by atoms with E-state index in [0.717, 1.165) is 24.8 Å². The Morgan fingerprint density at radius 1 is 0.852 bits per heavy atom. The van der Waals surface area contributed by atoms with Crippen LogP contribution in [0.2, 0.25) is 0 Å². The van der Waals surface area contributed by atoms with Gasteiger partial charge in [-0.3, -0.25) is 4.90 Å². The van der Waals surface area contributed by atoms with E-state index in [-0.39, 0.29) is 5.82 Å². The lowest BCUT2D eigenvalue weighted by atomic mass is 9.92. The minimum absolute atomic E-state index is 0.236. The third-order valence-electron chi connectivity index (χ3n) is 5.61. The number of hydrogen-bond acceptors (Lipinski definition) is 3. The molecule has 2 aliphatic rings. The summed E-state index contributed by atoms with van der Waals surface area (Å²) in [4.78, 5) is 2.64. The number of halogens is 1. The van der Waals surface area contributed by atoms with Crippen molar-refractivity contribution in [2.45, 2.75) is 37.1 Å². The molecule has 0 radical (unpaired) electrons. The second kappa shape index (κ2) is 7.70. The van der Waals surface area contributed by atoms with Crippen LogP contribution in [-0.4, -0.2) is 43.8 Å². The largest absolute Gasteiger partial charge is 0.296 e. The molecular formula is C21H25FN2O2S. The predicted octanol–water partition coefficient (Wildman–Crippen LogP) is 3.21. The topological polar surface area (TPSA) is 40.6 Å². The molecule has 1 fully saturated rings. The summed E-state index contributed by atoms with van der Waals surface area (Å²) in [5.41, 5.74) is 3.53. The molecule has 2 aromatic rings. The summed E-state index contributed by atoms with van der Waals surface area (Å²) in [5, 5.41) is 0. The second-order valence-corrected chi connectivity index (χ2v) is 9.38. The minimum Gasteiger partial charge on any atom is -0.296 e. The summed E-state index contributed by atoms with van der Waals surface area (Å²) in [5.74, 6) is -0.236. The number of hydrogen-bond donors (Lipinski definition) is 0. The molecule has 1 saturated heterocycles. The molecule has 2 aromatic carbocycles. The highest BCUT2D eigenvalue weighted by molar-refractivity contribution is 7.89. The maximum Gasteiger partial charge on any atom is 0.243 e. The van der Waals surface area contributed by atoms with Gasteiger partial charge in [0.15, 0.2) is 0 Å². The van der Waals surface area contributed by atoms with Gasteiger partial charge in [0.05, 0.1) is 4.90 Å². The Hall–Kier alpha value is -1.76. The molecule has 4 rings (SSSR count). The van der Waals surface area contributed by atoms with E-state index in [0.29, 0.717) is 37.6 Å². The predicted molar refractivity (Wildman–Crippen MR) is 104 cm³/mol. The van der Waals surface area contributed by atoms with Crippen molar-refractivity contribution in [3.8, 4) is 0 Å². The van der Waals surface area contributed by atoms with E-state index >= 15 is 0 Å². The van der Waals surface area contributed by atoms with Gasteiger partial charge in [-0.05, 0) is 66.6 Å². The van der Waals surface area contributed by atoms with Crippen molar-refractivity contribution in [2.24, 2.45) is 0 Å². The zero-order valence-electron chi connectivity index (χ0n) is 15.4. The highest BCUT2D eigenvalue weighted by Crippen LogP contribution is 2.26. The van der Waals surface area contributed by atoms with Crippen molar-refractivity contribution >= 4 is 10.0 Å². The van der Waals surface area contributed by atoms with E-state index in [4.69, 9.17) is 0 Å². The summed E-state index contributed by atoms with van der Waals surface area (Å²) in [6.07, 6.45) is 4.36. The van der Waals surface area contributed by atoms with Crippen LogP contribution in [0.15, 0.2) is 47.4 Å². The van der Waals surface area contributed by atoms with Crippen LogP contribution in [-0.2, 0) is 29.4 Å². The first-order valence-corrected chi connectivity index (χ1v) is 11.1. The van der Waals surface area contributed by atoms with Crippen LogP contribution in [0, 0.1) is 5.82 Å². The number of benzene rings is 2. The van der Waals surface area contributed by atoms with Gasteiger partial charge in [-0.15, -0.1) is 0 Å². The molecule has 0 saturated carbocycles. The summed E-state index contributed by atoms with van der Waals surface area (Å²) in [7, 11) is -3.44. The lowest BCUT2D eigenvalue weighted by Gasteiger charge is -2.34. The lowest BCUT2D eigenvalue weighted by molar-refractivity contribution is 0.181. The summed E-state index contributed by atoms with van der Waals surface area (Å²) in [6, 6.07) is 12.1. The number of sulfonamides is 1. The fourth-order valence-electron chi connectivity index (χ4n) is 4.00. The molecule has 0 spiro atoms. The fourth-order valence-corrected chi connectivity index (χ4v) is 5.47. The van der Waals surface area contributed by atoms with Crippen LogP contribution < -0.4 is 0 Å². The van der Waals surface area contributed by atoms with Crippen LogP contribution in [0.3, 0.4) is 0 Å². The van der Waals surface area contributed by atoms with E-state index in [1.54, 1.807) is 22.5 Å². The van der Waals surface area contributed by atoms with E-state index in [2.05, 4.69) is 4.90 Å². The van der Waals surface area contributed by atoms with Gasteiger partial charge >= 0.3 is 0 Å². The van der Waals surface area contributed by atoms with Gasteiger partial charge in [-0.25, -0.2) is 12.8 Å². The molecule has 1 aliphatic carbocycles. The maximum atomic E-state index is 13.0. The molecule has 0 bridgehead atoms. The molecule has 0 atom stereocenters. The number of fused-ring (bicyclic) bond motifs is 1. The first-order valence-electron chi connectivity index (χ1n) is 9.61. The average molecular weight is 389 g/mol. The molecular weight excluding hydrogens is 363 g/mol. The normalized spacial score (nSPS) is 19.0. The number of aryl methyl sites for hydroxylation is 2. The second-order valence-electron chi connectivity index (χ2n) is 7.44. The third kappa shape index (κ3) is 4.08. The van der Waals surface area contributed by atoms with Crippen LogP contribution in [0.4, 0.5) is 4.39 Å². The summed E-state index contributed by atoms with van der Waals surface area (Å²) in [6.45, 7) is 3.05. The Morgan fingerprint density at radius 2 is 1.52 bits per heavy atom. The zero-order valence-corrected chi connectivity index (χ0v) is 16.2. The Kier molecular flexibility index (Phi) is 5.30. The van der Waals surface area contributed by atoms with E-state index in [1.807, 2.05) is 12.1 Å². The van der Waals surface area contributed by atoms with Crippen LogP contribution in [0.5, 0.6) is 0 Å². The van der Waals surface area contributed by atoms with Crippen molar-refractivity contribution in [3.63, 3.8) is 0 Å². The van der Waals surface area contributed by atoms with Gasteiger partial charge in [-0.1, -0.05) is 18.2 Å². The molecule has 0 aromatic heterocycles. The quantitative estimate of drug-likeness (QED) is 0.808. The number of rotatable bonds is 4. The smallest absolute Gasteiger partial charge is 0.243 e. The van der Waals surface area contributed by atoms with Gasteiger partial charge in [0.1, 0.15) is 5.82 Å². The molecule has 1 aliphatic heterocycles. The minimum atomic E-state index is -3.44. The Balaban J connectivity index is 1.41. The van der Waals surface area contributed by atoms with Gasteiger partial charge < -0.3 is 0 Å². The van der Waals surface area contributed by atoms with Crippen LogP contribution in [0.1, 0.15) is 29.5 Å². The maximum absolute atomic E-state index is 13.0. The van der Waals surface area contributed by atoms with Gasteiger partial charge in [0.25, 0.3) is 0 Å². The fraction of sp³-hybridized carbons (Fsp3) is 0.429. The third-order valence-corrected chi connectivity index (χ3v) is 7.50. The van der Waals surface area contributed by atoms with Gasteiger partial charge in [0, 0.05) is 32.7 Å². The van der Waals surface area contributed by atoms with Crippen molar-refractivity contribution in [2.75, 3.05) is 26.2 Å². The molecule has 144 valence electrons. The molecule has 27 heavy (non-hydrogen) atoms. The van der Waals surface area contributed by atoms with Crippen molar-refractivity contribution in [3.05, 3.63) is 65.0 Å². The zero-order chi connectivity index (χ0) is 18.9. The van der Waals surface area contributed by atoms with Crippen molar-refractivity contribution in [1.82, 2.24) is 9.21 Å². The Bertz CT molecular complexity index is 904. The SMILES string of the molecule is O=S(=O)(c1ccc2c(c1)CCCC2)N1CCN(Cc2ccc(F)cc2)CC1. The summed E-state index contributed by atoms with van der Waals surface area (Å²) >= 11 is 0. The molecule has 1 heterocycles. The molecule has 0 N–H and O–H groups in total. The highest BCUT2D eigenvalue weighted by Gasteiger charge is 2.29. The molecule has 4 nitrogen and oxygen atoms in total. The van der Waals surface area contributed by atoms with Crippen molar-refractivity contribution in [1.29, 1.82) is 0 Å². The highest BCUT2D eigenvalue weighted by atomic mass is 32.2. The standard InChI is InChI=1S/C21H25FN2O2S/c22-20-8-5-17(6-9-20)16-23-11-13-24(14-12-23)27(25,26)21-10-7-18-3-1-2-4-19(18)15-21/h5-10,15H,1-4,11-14,16H2. The Labute approximate surface area is 160 Å². The summed E-state index contributed by atoms with van der Waals surface area (Å²) < 4.78 is 40.7. The van der Waals surface area contributed by atoms with E-state index in [1.165, 1.54) is 29.7 Å². The first kappa shape index (κ1) is 18.6. The monoisotopic (exact) mass is 388 g/mol. The lowest BCUT2D eigenvalue weighted by Crippen LogP contribution is -2.48. The number of piperazine rings is 1. The molecule has 0 unspecified atom stereocenters. The van der Waals surface area contributed by atoms with Crippen LogP contribution >= 0.6 is 0 Å². The molecule has 6 heteroatoms. The average Bonchev–Trinajstić information content (AvgIpc) is 2.70. The van der Waals surface area contributed by atoms with Crippen molar-refractivity contribution < 1.29 is 12.8 Å². The van der Waals surface area contributed by atoms with Gasteiger partial charge in [-0.2, -0.15) is 4.31 Å². The first-order chi connectivity index (χ1) is 13.0.